The van der Waals surface area contributed by atoms with Crippen molar-refractivity contribution in [2.45, 2.75) is 44.9 Å². The minimum absolute atomic E-state index is 0.0161. The quantitative estimate of drug-likeness (QED) is 0.828. The maximum Gasteiger partial charge on any atom is 0.318 e. The number of furan rings is 1. The van der Waals surface area contributed by atoms with Gasteiger partial charge >= 0.3 is 6.03 Å². The molecular formula is C19H28N2O4. The first kappa shape index (κ1) is 16.9. The molecule has 2 heterocycles. The number of amides is 2. The monoisotopic (exact) mass is 348 g/mol. The Morgan fingerprint density at radius 1 is 1.40 bits per heavy atom. The van der Waals surface area contributed by atoms with Gasteiger partial charge in [-0.05, 0) is 48.6 Å². The number of carbonyl (C=O) groups is 1. The molecule has 4 rings (SSSR count). The summed E-state index contributed by atoms with van der Waals surface area (Å²) >= 11 is 0. The van der Waals surface area contributed by atoms with Crippen molar-refractivity contribution in [2.75, 3.05) is 19.8 Å². The molecule has 6 heteroatoms. The summed E-state index contributed by atoms with van der Waals surface area (Å²) in [5, 5.41) is 13.5. The molecule has 3 fully saturated rings. The van der Waals surface area contributed by atoms with Crippen molar-refractivity contribution in [1.29, 1.82) is 0 Å². The van der Waals surface area contributed by atoms with Crippen LogP contribution < -0.4 is 5.32 Å². The number of hydrogen-bond acceptors (Lipinski definition) is 4. The van der Waals surface area contributed by atoms with E-state index in [1.807, 2.05) is 17.0 Å². The van der Waals surface area contributed by atoms with Crippen LogP contribution in [0.3, 0.4) is 0 Å². The fourth-order valence-electron chi connectivity index (χ4n) is 4.99. The van der Waals surface area contributed by atoms with E-state index in [1.54, 1.807) is 6.26 Å². The number of ether oxygens (including phenoxy) is 1. The van der Waals surface area contributed by atoms with Crippen molar-refractivity contribution in [3.05, 3.63) is 24.2 Å². The van der Waals surface area contributed by atoms with Crippen LogP contribution in [0.5, 0.6) is 0 Å². The number of urea groups is 1. The van der Waals surface area contributed by atoms with Gasteiger partial charge in [0.15, 0.2) is 0 Å². The Morgan fingerprint density at radius 2 is 2.24 bits per heavy atom. The van der Waals surface area contributed by atoms with Crippen LogP contribution in [-0.4, -0.2) is 47.9 Å². The van der Waals surface area contributed by atoms with Gasteiger partial charge < -0.3 is 24.5 Å². The van der Waals surface area contributed by atoms with Crippen LogP contribution in [-0.2, 0) is 4.74 Å². The summed E-state index contributed by atoms with van der Waals surface area (Å²) in [7, 11) is 0. The van der Waals surface area contributed by atoms with Crippen molar-refractivity contribution < 1.29 is 19.1 Å². The first-order chi connectivity index (χ1) is 12.0. The summed E-state index contributed by atoms with van der Waals surface area (Å²) in [6, 6.07) is 3.23. The molecule has 2 saturated carbocycles. The predicted molar refractivity (Wildman–Crippen MR) is 91.8 cm³/mol. The zero-order valence-electron chi connectivity index (χ0n) is 14.9. The van der Waals surface area contributed by atoms with Gasteiger partial charge in [0, 0.05) is 13.2 Å². The van der Waals surface area contributed by atoms with Crippen LogP contribution in [0.4, 0.5) is 4.79 Å². The highest BCUT2D eigenvalue weighted by atomic mass is 16.5. The highest BCUT2D eigenvalue weighted by Gasteiger charge is 2.60. The van der Waals surface area contributed by atoms with Crippen LogP contribution in [0.15, 0.2) is 22.8 Å². The van der Waals surface area contributed by atoms with Crippen molar-refractivity contribution in [1.82, 2.24) is 10.2 Å². The van der Waals surface area contributed by atoms with Gasteiger partial charge in [0.05, 0.1) is 25.0 Å². The third-order valence-corrected chi connectivity index (χ3v) is 6.03. The Labute approximate surface area is 148 Å². The fourth-order valence-corrected chi connectivity index (χ4v) is 4.99. The highest BCUT2D eigenvalue weighted by Crippen LogP contribution is 2.54. The minimum atomic E-state index is -0.367. The number of nitrogens with zero attached hydrogens (tertiary/aromatic N) is 1. The van der Waals surface area contributed by atoms with Gasteiger partial charge in [-0.3, -0.25) is 0 Å². The van der Waals surface area contributed by atoms with Gasteiger partial charge in [-0.2, -0.15) is 0 Å². The van der Waals surface area contributed by atoms with Gasteiger partial charge in [0.2, 0.25) is 0 Å². The number of hydrogen-bond donors (Lipinski definition) is 2. The fraction of sp³-hybridized carbons (Fsp3) is 0.737. The van der Waals surface area contributed by atoms with E-state index in [2.05, 4.69) is 19.2 Å². The van der Waals surface area contributed by atoms with Gasteiger partial charge in [-0.15, -0.1) is 0 Å². The summed E-state index contributed by atoms with van der Waals surface area (Å²) in [5.41, 5.74) is 0. The summed E-state index contributed by atoms with van der Waals surface area (Å²) in [6.07, 6.45) is 3.37. The Morgan fingerprint density at radius 3 is 2.92 bits per heavy atom. The summed E-state index contributed by atoms with van der Waals surface area (Å²) < 4.78 is 11.2. The topological polar surface area (TPSA) is 74.9 Å². The van der Waals surface area contributed by atoms with E-state index in [0.717, 1.165) is 19.4 Å². The molecule has 138 valence electrons. The standard InChI is InChI=1S/C19H28N2O4/c1-11(2)9-24-10-15(16-4-3-5-25-16)20-19(23)21-8-13-6-12-7-14(13)17(21)18(12)22/h3-5,11-15,17-18,22H,6-10H2,1-2H3,(H,20,23)/t12-,13-,14+,15-,17+,18+/m0/s1. The van der Waals surface area contributed by atoms with E-state index in [1.165, 1.54) is 0 Å². The minimum Gasteiger partial charge on any atom is -0.467 e. The lowest BCUT2D eigenvalue weighted by Gasteiger charge is -2.30. The maximum atomic E-state index is 12.9. The normalized spacial score (nSPS) is 34.1. The van der Waals surface area contributed by atoms with Crippen LogP contribution >= 0.6 is 0 Å². The van der Waals surface area contributed by atoms with Crippen molar-refractivity contribution in [2.24, 2.45) is 23.7 Å². The lowest BCUT2D eigenvalue weighted by molar-refractivity contribution is 0.0567. The number of likely N-dealkylation sites (tertiary alicyclic amines) is 1. The molecule has 6 atom stereocenters. The molecule has 6 nitrogen and oxygen atoms in total. The van der Waals surface area contributed by atoms with Crippen LogP contribution in [0.2, 0.25) is 0 Å². The molecule has 1 saturated heterocycles. The van der Waals surface area contributed by atoms with Crippen molar-refractivity contribution >= 4 is 6.03 Å². The smallest absolute Gasteiger partial charge is 0.318 e. The molecule has 0 radical (unpaired) electrons. The average molecular weight is 348 g/mol. The molecule has 0 spiro atoms. The van der Waals surface area contributed by atoms with E-state index < -0.39 is 0 Å². The van der Waals surface area contributed by atoms with E-state index >= 15 is 0 Å². The zero-order chi connectivity index (χ0) is 17.6. The van der Waals surface area contributed by atoms with Crippen molar-refractivity contribution in [3.8, 4) is 0 Å². The third kappa shape index (κ3) is 3.06. The Kier molecular flexibility index (Phi) is 4.50. The number of aliphatic hydroxyl groups is 1. The zero-order valence-corrected chi connectivity index (χ0v) is 14.9. The van der Waals surface area contributed by atoms with Crippen LogP contribution in [0, 0.1) is 23.7 Å². The number of nitrogens with one attached hydrogen (secondary N) is 1. The molecule has 2 N–H and O–H groups in total. The SMILES string of the molecule is CC(C)COC[C@H](NC(=O)N1C[C@@H]2C[C@H]3C[C@H]2[C@@H]1[C@@H]3O)c1ccco1. The number of rotatable bonds is 6. The van der Waals surface area contributed by atoms with Gasteiger partial charge in [0.1, 0.15) is 11.8 Å². The Hall–Kier alpha value is -1.53. The van der Waals surface area contributed by atoms with Gasteiger partial charge in [-0.25, -0.2) is 4.79 Å². The summed E-state index contributed by atoms with van der Waals surface area (Å²) in [4.78, 5) is 14.8. The van der Waals surface area contributed by atoms with Crippen molar-refractivity contribution in [3.63, 3.8) is 0 Å². The van der Waals surface area contributed by atoms with E-state index in [9.17, 15) is 9.90 Å². The highest BCUT2D eigenvalue weighted by molar-refractivity contribution is 5.76. The molecule has 2 amide bonds. The molecule has 2 bridgehead atoms. The predicted octanol–water partition coefficient (Wildman–Crippen LogP) is 2.40. The number of carbonyl (C=O) groups excluding carboxylic acids is 1. The van der Waals surface area contributed by atoms with Gasteiger partial charge in [0.25, 0.3) is 0 Å². The molecule has 3 aliphatic rings. The molecule has 1 aromatic rings. The van der Waals surface area contributed by atoms with E-state index in [4.69, 9.17) is 9.15 Å². The van der Waals surface area contributed by atoms with Crippen LogP contribution in [0.25, 0.3) is 0 Å². The molecule has 1 aromatic heterocycles. The second-order valence-corrected chi connectivity index (χ2v) is 8.24. The average Bonchev–Trinajstić information content (AvgIpc) is 3.29. The first-order valence-electron chi connectivity index (χ1n) is 9.41. The molecule has 0 unspecified atom stereocenters. The summed E-state index contributed by atoms with van der Waals surface area (Å²) in [5.74, 6) is 2.55. The second kappa shape index (κ2) is 6.65. The van der Waals surface area contributed by atoms with Crippen LogP contribution in [0.1, 0.15) is 38.5 Å². The maximum absolute atomic E-state index is 12.9. The Balaban J connectivity index is 1.42. The van der Waals surface area contributed by atoms with E-state index in [-0.39, 0.29) is 24.2 Å². The second-order valence-electron chi connectivity index (χ2n) is 8.24. The molecule has 0 aromatic carbocycles. The number of aliphatic hydroxyl groups excluding tert-OH is 1. The largest absolute Gasteiger partial charge is 0.467 e. The third-order valence-electron chi connectivity index (χ3n) is 6.03. The van der Waals surface area contributed by atoms with Gasteiger partial charge in [-0.1, -0.05) is 13.8 Å². The first-order valence-corrected chi connectivity index (χ1v) is 9.41. The molecular weight excluding hydrogens is 320 g/mol. The number of fused-ring (bicyclic) bond motifs is 1. The van der Waals surface area contributed by atoms with E-state index in [0.29, 0.717) is 42.6 Å². The Bertz CT molecular complexity index is 601. The molecule has 2 aliphatic carbocycles. The summed E-state index contributed by atoms with van der Waals surface area (Å²) in [6.45, 7) is 5.97. The lowest BCUT2D eigenvalue weighted by Crippen LogP contribution is -2.49. The lowest BCUT2D eigenvalue weighted by atomic mass is 9.88. The molecule has 25 heavy (non-hydrogen) atoms. The molecule has 1 aliphatic heterocycles.